The zero-order chi connectivity index (χ0) is 21.8. The quantitative estimate of drug-likeness (QED) is 0.588. The van der Waals surface area contributed by atoms with Crippen molar-refractivity contribution in [2.75, 3.05) is 17.6 Å². The number of anilines is 2. The van der Waals surface area contributed by atoms with Crippen LogP contribution in [0, 0.1) is 6.92 Å². The lowest BCUT2D eigenvalue weighted by Gasteiger charge is -2.07. The molecule has 3 aromatic carbocycles. The summed E-state index contributed by atoms with van der Waals surface area (Å²) < 4.78 is 23.8. The summed E-state index contributed by atoms with van der Waals surface area (Å²) >= 11 is 0. The van der Waals surface area contributed by atoms with E-state index in [2.05, 4.69) is 28.7 Å². The van der Waals surface area contributed by atoms with E-state index < -0.39 is 10.5 Å². The third-order valence-corrected chi connectivity index (χ3v) is 4.28. The molecule has 154 valence electrons. The Bertz CT molecular complexity index is 1120. The second-order valence-corrected chi connectivity index (χ2v) is 6.94. The number of rotatable bonds is 5. The van der Waals surface area contributed by atoms with Crippen LogP contribution in [-0.4, -0.2) is 20.9 Å². The van der Waals surface area contributed by atoms with Gasteiger partial charge in [0, 0.05) is 5.56 Å². The van der Waals surface area contributed by atoms with Crippen molar-refractivity contribution in [2.45, 2.75) is 6.92 Å². The largest absolute Gasteiger partial charge is 0.397 e. The van der Waals surface area contributed by atoms with Gasteiger partial charge in [0.2, 0.25) is 0 Å². The summed E-state index contributed by atoms with van der Waals surface area (Å²) in [6.45, 7) is 2.17. The number of hydrogen-bond acceptors (Lipinski definition) is 5. The standard InChI is InChI=1S/C16H15N3O3S.C7H8/c17-14-5-1-2-6-15(14)19-16(20)13-9-7-12(8-10-13)4-3-11-18-23(21)22;1-7-5-3-2-4-6-7/h1-10H,11,17H2,(H,19,20);2-6H,1H3. The first-order valence-electron chi connectivity index (χ1n) is 9.16. The minimum absolute atomic E-state index is 0.0889. The Hall–Kier alpha value is -3.71. The maximum Gasteiger partial charge on any atom is 0.311 e. The summed E-state index contributed by atoms with van der Waals surface area (Å²) in [6.07, 6.45) is 3.35. The molecular weight excluding hydrogens is 398 g/mol. The summed E-state index contributed by atoms with van der Waals surface area (Å²) in [5.74, 6) is -0.254. The van der Waals surface area contributed by atoms with E-state index >= 15 is 0 Å². The number of amides is 1. The number of hydrogen-bond donors (Lipinski definition) is 2. The molecule has 0 unspecified atom stereocenters. The predicted molar refractivity (Wildman–Crippen MR) is 122 cm³/mol. The molecular formula is C23H23N3O3S. The van der Waals surface area contributed by atoms with Gasteiger partial charge in [0.25, 0.3) is 5.91 Å². The first-order valence-corrected chi connectivity index (χ1v) is 10.2. The van der Waals surface area contributed by atoms with Crippen molar-refractivity contribution in [2.24, 2.45) is 4.36 Å². The van der Waals surface area contributed by atoms with Crippen molar-refractivity contribution < 1.29 is 13.2 Å². The molecule has 0 aliphatic carbocycles. The molecule has 0 saturated heterocycles. The van der Waals surface area contributed by atoms with Gasteiger partial charge >= 0.3 is 10.5 Å². The fourth-order valence-corrected chi connectivity index (χ4v) is 2.59. The highest BCUT2D eigenvalue weighted by atomic mass is 32.2. The van der Waals surface area contributed by atoms with Crippen LogP contribution in [0.5, 0.6) is 0 Å². The van der Waals surface area contributed by atoms with Gasteiger partial charge in [-0.3, -0.25) is 4.79 Å². The Morgan fingerprint density at radius 3 is 2.17 bits per heavy atom. The summed E-state index contributed by atoms with van der Waals surface area (Å²) in [7, 11) is -2.39. The lowest BCUT2D eigenvalue weighted by Crippen LogP contribution is -2.12. The molecule has 0 atom stereocenters. The molecule has 0 heterocycles. The molecule has 3 N–H and O–H groups in total. The molecule has 0 aromatic heterocycles. The van der Waals surface area contributed by atoms with Crippen LogP contribution in [0.3, 0.4) is 0 Å². The van der Waals surface area contributed by atoms with Crippen molar-refractivity contribution in [1.29, 1.82) is 0 Å². The number of carbonyl (C=O) groups excluding carboxylic acids is 1. The number of nitrogens with two attached hydrogens (primary N) is 1. The molecule has 7 heteroatoms. The summed E-state index contributed by atoms with van der Waals surface area (Å²) in [4.78, 5) is 12.1. The molecule has 3 rings (SSSR count). The maximum atomic E-state index is 12.1. The fraction of sp³-hybridized carbons (Fsp3) is 0.0870. The van der Waals surface area contributed by atoms with Crippen LogP contribution >= 0.6 is 0 Å². The lowest BCUT2D eigenvalue weighted by atomic mass is 10.1. The summed E-state index contributed by atoms with van der Waals surface area (Å²) in [6, 6.07) is 24.2. The number of benzene rings is 3. The average Bonchev–Trinajstić information content (AvgIpc) is 2.74. The number of para-hydroxylation sites is 2. The molecule has 0 aliphatic heterocycles. The SMILES string of the molecule is Cc1ccccc1.Nc1ccccc1NC(=O)c1ccc(C=CCN=S(=O)=O)cc1. The molecule has 0 radical (unpaired) electrons. The maximum absolute atomic E-state index is 12.1. The van der Waals surface area contributed by atoms with Gasteiger partial charge in [-0.25, -0.2) is 0 Å². The van der Waals surface area contributed by atoms with E-state index in [9.17, 15) is 13.2 Å². The van der Waals surface area contributed by atoms with Gasteiger partial charge in [0.05, 0.1) is 17.9 Å². The number of nitrogen functional groups attached to an aromatic ring is 1. The molecule has 0 aliphatic rings. The van der Waals surface area contributed by atoms with Crippen LogP contribution < -0.4 is 11.1 Å². The number of nitrogens with zero attached hydrogens (tertiary/aromatic N) is 1. The third kappa shape index (κ3) is 8.12. The number of carbonyl (C=O) groups is 1. The molecule has 0 saturated carbocycles. The summed E-state index contributed by atoms with van der Waals surface area (Å²) in [5.41, 5.74) is 9.51. The average molecular weight is 422 g/mol. The molecule has 30 heavy (non-hydrogen) atoms. The van der Waals surface area contributed by atoms with Crippen molar-refractivity contribution in [3.63, 3.8) is 0 Å². The smallest absolute Gasteiger partial charge is 0.311 e. The molecule has 3 aromatic rings. The Labute approximate surface area is 177 Å². The van der Waals surface area contributed by atoms with Crippen LogP contribution in [0.15, 0.2) is 89.3 Å². The molecule has 1 amide bonds. The van der Waals surface area contributed by atoms with Crippen LogP contribution in [0.4, 0.5) is 11.4 Å². The van der Waals surface area contributed by atoms with Gasteiger partial charge in [-0.2, -0.15) is 12.8 Å². The van der Waals surface area contributed by atoms with Gasteiger partial charge in [-0.1, -0.05) is 72.3 Å². The van der Waals surface area contributed by atoms with Crippen LogP contribution in [-0.2, 0) is 10.5 Å². The van der Waals surface area contributed by atoms with E-state index in [4.69, 9.17) is 5.73 Å². The van der Waals surface area contributed by atoms with E-state index in [1.165, 1.54) is 5.56 Å². The highest BCUT2D eigenvalue weighted by Crippen LogP contribution is 2.18. The van der Waals surface area contributed by atoms with Gasteiger partial charge < -0.3 is 11.1 Å². The summed E-state index contributed by atoms with van der Waals surface area (Å²) in [5, 5.41) is 2.75. The van der Waals surface area contributed by atoms with E-state index in [-0.39, 0.29) is 12.5 Å². The van der Waals surface area contributed by atoms with Crippen LogP contribution in [0.25, 0.3) is 6.08 Å². The minimum Gasteiger partial charge on any atom is -0.397 e. The second kappa shape index (κ2) is 12.0. The molecule has 0 spiro atoms. The minimum atomic E-state index is -2.39. The van der Waals surface area contributed by atoms with E-state index in [0.717, 1.165) is 5.56 Å². The lowest BCUT2D eigenvalue weighted by molar-refractivity contribution is 0.102. The zero-order valence-electron chi connectivity index (χ0n) is 16.5. The Morgan fingerprint density at radius 1 is 0.967 bits per heavy atom. The first kappa shape index (κ1) is 22.6. The van der Waals surface area contributed by atoms with Crippen molar-refractivity contribution in [3.8, 4) is 0 Å². The topological polar surface area (TPSA) is 102 Å². The number of aryl methyl sites for hydroxylation is 1. The Morgan fingerprint density at radius 2 is 1.60 bits per heavy atom. The van der Waals surface area contributed by atoms with Gasteiger partial charge in [0.1, 0.15) is 0 Å². The monoisotopic (exact) mass is 421 g/mol. The highest BCUT2D eigenvalue weighted by Gasteiger charge is 2.07. The first-order chi connectivity index (χ1) is 14.5. The zero-order valence-corrected chi connectivity index (χ0v) is 17.3. The Balaban J connectivity index is 0.000000386. The van der Waals surface area contributed by atoms with Crippen LogP contribution in [0.1, 0.15) is 21.5 Å². The fourth-order valence-electron chi connectivity index (χ4n) is 2.38. The van der Waals surface area contributed by atoms with Gasteiger partial charge in [-0.15, -0.1) is 0 Å². The van der Waals surface area contributed by atoms with Gasteiger partial charge in [0.15, 0.2) is 0 Å². The molecule has 0 fully saturated rings. The molecule has 6 nitrogen and oxygen atoms in total. The van der Waals surface area contributed by atoms with Crippen molar-refractivity contribution >= 4 is 33.9 Å². The van der Waals surface area contributed by atoms with E-state index in [1.54, 1.807) is 60.7 Å². The third-order valence-electron chi connectivity index (χ3n) is 3.92. The highest BCUT2D eigenvalue weighted by molar-refractivity contribution is 7.61. The molecule has 0 bridgehead atoms. The second-order valence-electron chi connectivity index (χ2n) is 6.25. The van der Waals surface area contributed by atoms with Crippen molar-refractivity contribution in [1.82, 2.24) is 0 Å². The van der Waals surface area contributed by atoms with Crippen molar-refractivity contribution in [3.05, 3.63) is 102 Å². The Kier molecular flexibility index (Phi) is 9.02. The van der Waals surface area contributed by atoms with Gasteiger partial charge in [-0.05, 0) is 36.8 Å². The van der Waals surface area contributed by atoms with Crippen LogP contribution in [0.2, 0.25) is 0 Å². The number of nitrogens with one attached hydrogen (secondary N) is 1. The predicted octanol–water partition coefficient (Wildman–Crippen LogP) is 4.59. The van der Waals surface area contributed by atoms with E-state index in [1.807, 2.05) is 18.2 Å². The van der Waals surface area contributed by atoms with E-state index in [0.29, 0.717) is 16.9 Å². The normalized spacial score (nSPS) is 10.0.